The standard InChI is InChI=1S/C22H26N2O4S.CH2O3/c1-2-16-11-17(22(29-16)24-20(25)15-6-4-3-5-7-15)21(26)23-12-14-8-9-18-19(10-14)28-13-27-18;2-1(3)4/h8-11,15H,2-7,12-13H2,1H3,(H,23,26)(H,24,25);(H2,2,3,4). The molecule has 1 aliphatic carbocycles. The number of rotatable bonds is 6. The number of hydrogen-bond donors (Lipinski definition) is 4. The third-order valence-corrected chi connectivity index (χ3v) is 6.67. The molecular formula is C23H28N2O7S. The van der Waals surface area contributed by atoms with Crippen LogP contribution in [0.2, 0.25) is 0 Å². The van der Waals surface area contributed by atoms with Crippen LogP contribution in [0.15, 0.2) is 24.3 Å². The van der Waals surface area contributed by atoms with Gasteiger partial charge in [-0.1, -0.05) is 32.3 Å². The highest BCUT2D eigenvalue weighted by molar-refractivity contribution is 7.16. The number of amides is 2. The van der Waals surface area contributed by atoms with Crippen LogP contribution in [0.4, 0.5) is 9.80 Å². The van der Waals surface area contributed by atoms with Gasteiger partial charge in [-0.15, -0.1) is 11.3 Å². The third-order valence-electron chi connectivity index (χ3n) is 5.48. The fourth-order valence-electron chi connectivity index (χ4n) is 3.79. The summed E-state index contributed by atoms with van der Waals surface area (Å²) >= 11 is 1.49. The van der Waals surface area contributed by atoms with Crippen LogP contribution in [0.1, 0.15) is 59.8 Å². The molecule has 0 unspecified atom stereocenters. The molecule has 1 saturated carbocycles. The zero-order chi connectivity index (χ0) is 23.8. The van der Waals surface area contributed by atoms with Crippen molar-refractivity contribution in [2.24, 2.45) is 5.92 Å². The molecule has 1 aliphatic heterocycles. The molecule has 2 aromatic rings. The highest BCUT2D eigenvalue weighted by atomic mass is 32.1. The summed E-state index contributed by atoms with van der Waals surface area (Å²) in [5.74, 6) is 1.33. The zero-order valence-corrected chi connectivity index (χ0v) is 19.2. The van der Waals surface area contributed by atoms with E-state index in [2.05, 4.69) is 10.6 Å². The molecule has 33 heavy (non-hydrogen) atoms. The minimum absolute atomic E-state index is 0.0408. The van der Waals surface area contributed by atoms with Gasteiger partial charge >= 0.3 is 6.16 Å². The number of thiophene rings is 1. The van der Waals surface area contributed by atoms with Gasteiger partial charge in [0.15, 0.2) is 11.5 Å². The van der Waals surface area contributed by atoms with E-state index in [0.717, 1.165) is 48.3 Å². The molecule has 2 amide bonds. The molecule has 2 aliphatic rings. The SMILES string of the molecule is CCc1cc(C(=O)NCc2ccc3c(c2)OCO3)c(NC(=O)C2CCCCC2)s1.O=C(O)O. The number of carbonyl (C=O) groups excluding carboxylic acids is 2. The molecule has 1 fully saturated rings. The fourth-order valence-corrected chi connectivity index (χ4v) is 4.78. The average molecular weight is 477 g/mol. The molecular weight excluding hydrogens is 448 g/mol. The molecule has 0 saturated heterocycles. The summed E-state index contributed by atoms with van der Waals surface area (Å²) in [7, 11) is 0. The Morgan fingerprint density at radius 3 is 2.45 bits per heavy atom. The predicted molar refractivity (Wildman–Crippen MR) is 123 cm³/mol. The number of carbonyl (C=O) groups is 3. The van der Waals surface area contributed by atoms with Crippen LogP contribution >= 0.6 is 11.3 Å². The number of aryl methyl sites for hydroxylation is 1. The van der Waals surface area contributed by atoms with E-state index in [1.54, 1.807) is 0 Å². The maximum absolute atomic E-state index is 12.8. The Balaban J connectivity index is 0.000000709. The molecule has 0 spiro atoms. The highest BCUT2D eigenvalue weighted by Gasteiger charge is 2.24. The smallest absolute Gasteiger partial charge is 0.454 e. The van der Waals surface area contributed by atoms with Crippen molar-refractivity contribution in [2.45, 2.75) is 52.0 Å². The molecule has 4 rings (SSSR count). The van der Waals surface area contributed by atoms with Gasteiger partial charge in [0, 0.05) is 17.3 Å². The predicted octanol–water partition coefficient (Wildman–Crippen LogP) is 4.71. The van der Waals surface area contributed by atoms with E-state index < -0.39 is 6.16 Å². The van der Waals surface area contributed by atoms with Gasteiger partial charge in [-0.05, 0) is 43.0 Å². The monoisotopic (exact) mass is 476 g/mol. The Kier molecular flexibility index (Phi) is 8.53. The summed E-state index contributed by atoms with van der Waals surface area (Å²) in [5, 5.41) is 20.6. The Morgan fingerprint density at radius 1 is 1.06 bits per heavy atom. The lowest BCUT2D eigenvalue weighted by molar-refractivity contribution is -0.120. The molecule has 2 heterocycles. The van der Waals surface area contributed by atoms with E-state index in [-0.39, 0.29) is 24.5 Å². The van der Waals surface area contributed by atoms with Gasteiger partial charge in [0.05, 0.1) is 5.56 Å². The van der Waals surface area contributed by atoms with Crippen LogP contribution in [-0.2, 0) is 17.8 Å². The number of nitrogens with one attached hydrogen (secondary N) is 2. The minimum Gasteiger partial charge on any atom is -0.454 e. The second-order valence-corrected chi connectivity index (χ2v) is 8.92. The van der Waals surface area contributed by atoms with Crippen LogP contribution in [0.3, 0.4) is 0 Å². The second-order valence-electron chi connectivity index (χ2n) is 7.79. The molecule has 0 bridgehead atoms. The molecule has 0 radical (unpaired) electrons. The quantitative estimate of drug-likeness (QED) is 0.474. The highest BCUT2D eigenvalue weighted by Crippen LogP contribution is 2.33. The first-order chi connectivity index (χ1) is 15.9. The Labute approximate surface area is 195 Å². The lowest BCUT2D eigenvalue weighted by Gasteiger charge is -2.20. The lowest BCUT2D eigenvalue weighted by Crippen LogP contribution is -2.27. The van der Waals surface area contributed by atoms with Crippen molar-refractivity contribution < 1.29 is 34.1 Å². The largest absolute Gasteiger partial charge is 0.503 e. The van der Waals surface area contributed by atoms with E-state index in [1.165, 1.54) is 17.8 Å². The molecule has 178 valence electrons. The Bertz CT molecular complexity index is 995. The number of hydrogen-bond acceptors (Lipinski definition) is 6. The first kappa shape index (κ1) is 24.4. The second kappa shape index (κ2) is 11.6. The van der Waals surface area contributed by atoms with Gasteiger partial charge in [-0.2, -0.15) is 0 Å². The van der Waals surface area contributed by atoms with Crippen molar-refractivity contribution in [3.8, 4) is 11.5 Å². The first-order valence-corrected chi connectivity index (χ1v) is 11.7. The molecule has 9 nitrogen and oxygen atoms in total. The summed E-state index contributed by atoms with van der Waals surface area (Å²) in [6.07, 6.45) is 4.27. The summed E-state index contributed by atoms with van der Waals surface area (Å²) in [6.45, 7) is 2.65. The van der Waals surface area contributed by atoms with E-state index in [4.69, 9.17) is 24.5 Å². The van der Waals surface area contributed by atoms with Crippen molar-refractivity contribution >= 4 is 34.3 Å². The topological polar surface area (TPSA) is 134 Å². The number of anilines is 1. The van der Waals surface area contributed by atoms with E-state index in [1.807, 2.05) is 31.2 Å². The van der Waals surface area contributed by atoms with E-state index in [9.17, 15) is 9.59 Å². The van der Waals surface area contributed by atoms with Crippen molar-refractivity contribution in [1.29, 1.82) is 0 Å². The van der Waals surface area contributed by atoms with Crippen LogP contribution in [0.5, 0.6) is 11.5 Å². The van der Waals surface area contributed by atoms with Gasteiger partial charge in [-0.3, -0.25) is 9.59 Å². The van der Waals surface area contributed by atoms with E-state index in [0.29, 0.717) is 22.9 Å². The number of fused-ring (bicyclic) bond motifs is 1. The summed E-state index contributed by atoms with van der Waals surface area (Å²) in [4.78, 5) is 35.1. The van der Waals surface area contributed by atoms with Gasteiger partial charge in [-0.25, -0.2) is 4.79 Å². The van der Waals surface area contributed by atoms with Gasteiger partial charge in [0.25, 0.3) is 5.91 Å². The maximum Gasteiger partial charge on any atom is 0.503 e. The van der Waals surface area contributed by atoms with Crippen molar-refractivity contribution in [1.82, 2.24) is 5.32 Å². The van der Waals surface area contributed by atoms with Crippen LogP contribution in [0, 0.1) is 5.92 Å². The molecule has 0 atom stereocenters. The van der Waals surface area contributed by atoms with Crippen molar-refractivity contribution in [3.63, 3.8) is 0 Å². The summed E-state index contributed by atoms with van der Waals surface area (Å²) in [5.41, 5.74) is 1.47. The van der Waals surface area contributed by atoms with Gasteiger partial charge < -0.3 is 30.3 Å². The van der Waals surface area contributed by atoms with Gasteiger partial charge in [0.2, 0.25) is 12.7 Å². The van der Waals surface area contributed by atoms with Crippen molar-refractivity contribution in [3.05, 3.63) is 40.3 Å². The van der Waals surface area contributed by atoms with E-state index >= 15 is 0 Å². The first-order valence-electron chi connectivity index (χ1n) is 10.9. The fraction of sp³-hybridized carbons (Fsp3) is 0.435. The van der Waals surface area contributed by atoms with Crippen LogP contribution < -0.4 is 20.1 Å². The molecule has 1 aromatic carbocycles. The summed E-state index contributed by atoms with van der Waals surface area (Å²) in [6, 6.07) is 7.51. The lowest BCUT2D eigenvalue weighted by atomic mass is 9.89. The molecule has 1 aromatic heterocycles. The van der Waals surface area contributed by atoms with Gasteiger partial charge in [0.1, 0.15) is 5.00 Å². The Hall–Kier alpha value is -3.27. The van der Waals surface area contributed by atoms with Crippen LogP contribution in [0.25, 0.3) is 0 Å². The number of carboxylic acid groups (broad SMARTS) is 2. The summed E-state index contributed by atoms with van der Waals surface area (Å²) < 4.78 is 10.7. The third kappa shape index (κ3) is 6.85. The molecule has 4 N–H and O–H groups in total. The number of benzene rings is 1. The zero-order valence-electron chi connectivity index (χ0n) is 18.4. The maximum atomic E-state index is 12.8. The average Bonchev–Trinajstić information content (AvgIpc) is 3.44. The normalized spacial score (nSPS) is 14.7. The number of ether oxygens (including phenoxy) is 2. The van der Waals surface area contributed by atoms with Crippen molar-refractivity contribution in [2.75, 3.05) is 12.1 Å². The molecule has 10 heteroatoms. The van der Waals surface area contributed by atoms with Crippen LogP contribution in [-0.4, -0.2) is 35.0 Å². The Morgan fingerprint density at radius 2 is 1.76 bits per heavy atom. The minimum atomic E-state index is -1.83.